The Labute approximate surface area is 265 Å². The zero-order chi connectivity index (χ0) is 29.5. The quantitative estimate of drug-likeness (QED) is 0.145. The van der Waals surface area contributed by atoms with Gasteiger partial charge >= 0.3 is 33.3 Å². The fourth-order valence-corrected chi connectivity index (χ4v) is 5.20. The van der Waals surface area contributed by atoms with Crippen molar-refractivity contribution < 1.29 is 29.3 Å². The molecule has 0 spiro atoms. The van der Waals surface area contributed by atoms with Crippen molar-refractivity contribution in [2.45, 2.75) is 57.8 Å². The number of carbonyl (C=O) groups excluding carboxylic acids is 1. The molecule has 4 N–H and O–H groups in total. The Bertz CT molecular complexity index is 1470. The molecule has 0 aliphatic heterocycles. The van der Waals surface area contributed by atoms with E-state index in [2.05, 4.69) is 5.32 Å². The SMILES string of the molecule is CC(C)c1c(C(=O)Nc2ccccc2)c(-c2ccccc2)c(-c2ccc(F)cc2)n1CC[C@@H](O)C[C@@H](O)CC(=O)O.[PbH2]. The van der Waals surface area contributed by atoms with Crippen LogP contribution in [0.2, 0.25) is 0 Å². The van der Waals surface area contributed by atoms with Crippen molar-refractivity contribution in [1.82, 2.24) is 4.57 Å². The number of para-hydroxylation sites is 1. The molecular weight excluding hydrogens is 731 g/mol. The first-order chi connectivity index (χ1) is 19.7. The standard InChI is InChI=1S/C33H35FN2O5.Pb.2H/c1-21(2)31-30(33(41)35-25-11-7-4-8-12-25)29(22-9-5-3-6-10-22)32(23-13-15-24(34)16-14-23)36(31)18-17-26(37)19-27(38)20-28(39)40;;;/h3-16,21,26-27,37-38H,17-20H2,1-2H3,(H,35,41)(H,39,40);;;/t26-,27-;;;/m1.../s1. The van der Waals surface area contributed by atoms with E-state index in [0.717, 1.165) is 11.3 Å². The number of benzene rings is 3. The van der Waals surface area contributed by atoms with Crippen LogP contribution in [-0.2, 0) is 11.3 Å². The number of carboxylic acids is 1. The van der Waals surface area contributed by atoms with E-state index < -0.39 is 24.6 Å². The normalized spacial score (nSPS) is 12.4. The number of nitrogens with one attached hydrogen (secondary N) is 1. The first-order valence-electron chi connectivity index (χ1n) is 13.7. The summed E-state index contributed by atoms with van der Waals surface area (Å²) in [5.41, 5.74) is 4.77. The van der Waals surface area contributed by atoms with Gasteiger partial charge in [0.2, 0.25) is 0 Å². The van der Waals surface area contributed by atoms with E-state index in [0.29, 0.717) is 28.1 Å². The summed E-state index contributed by atoms with van der Waals surface area (Å²) in [4.78, 5) is 25.0. The molecule has 42 heavy (non-hydrogen) atoms. The van der Waals surface area contributed by atoms with Gasteiger partial charge in [0.05, 0.1) is 29.9 Å². The summed E-state index contributed by atoms with van der Waals surface area (Å²) in [5, 5.41) is 32.8. The molecule has 2 radical (unpaired) electrons. The molecule has 1 amide bonds. The second kappa shape index (κ2) is 15.2. The van der Waals surface area contributed by atoms with Gasteiger partial charge in [0.1, 0.15) is 5.82 Å². The van der Waals surface area contributed by atoms with Gasteiger partial charge in [-0.25, -0.2) is 4.39 Å². The van der Waals surface area contributed by atoms with Crippen LogP contribution in [0, 0.1) is 5.82 Å². The van der Waals surface area contributed by atoms with Gasteiger partial charge in [0, 0.05) is 23.5 Å². The topological polar surface area (TPSA) is 112 Å². The van der Waals surface area contributed by atoms with Crippen LogP contribution >= 0.6 is 0 Å². The molecule has 0 aliphatic carbocycles. The summed E-state index contributed by atoms with van der Waals surface area (Å²) in [6, 6.07) is 24.8. The van der Waals surface area contributed by atoms with Crippen LogP contribution < -0.4 is 5.32 Å². The molecule has 0 aliphatic rings. The fraction of sp³-hybridized carbons (Fsp3) is 0.273. The molecule has 0 unspecified atom stereocenters. The van der Waals surface area contributed by atoms with Crippen molar-refractivity contribution in [3.05, 3.63) is 102 Å². The third-order valence-electron chi connectivity index (χ3n) is 6.93. The third kappa shape index (κ3) is 8.14. The van der Waals surface area contributed by atoms with Crippen molar-refractivity contribution >= 4 is 44.9 Å². The molecule has 1 aromatic heterocycles. The molecule has 9 heteroatoms. The number of amides is 1. The van der Waals surface area contributed by atoms with Crippen molar-refractivity contribution in [2.75, 3.05) is 5.32 Å². The fourth-order valence-electron chi connectivity index (χ4n) is 5.20. The number of rotatable bonds is 12. The van der Waals surface area contributed by atoms with Gasteiger partial charge < -0.3 is 25.2 Å². The molecule has 220 valence electrons. The van der Waals surface area contributed by atoms with Gasteiger partial charge in [-0.2, -0.15) is 0 Å². The molecule has 4 aromatic rings. The zero-order valence-corrected chi connectivity index (χ0v) is 29.3. The molecular formula is C33H37FN2O5Pb. The van der Waals surface area contributed by atoms with Crippen LogP contribution in [-0.4, -0.2) is 71.3 Å². The Kier molecular flexibility index (Phi) is 12.0. The Morgan fingerprint density at radius 2 is 1.45 bits per heavy atom. The number of halogens is 1. The van der Waals surface area contributed by atoms with Crippen LogP contribution in [0.25, 0.3) is 22.4 Å². The van der Waals surface area contributed by atoms with Gasteiger partial charge in [0.25, 0.3) is 5.91 Å². The number of hydrogen-bond donors (Lipinski definition) is 4. The Morgan fingerprint density at radius 1 is 0.857 bits per heavy atom. The monoisotopic (exact) mass is 768 g/mol. The summed E-state index contributed by atoms with van der Waals surface area (Å²) in [6.07, 6.45) is -2.51. The van der Waals surface area contributed by atoms with Gasteiger partial charge in [0.15, 0.2) is 0 Å². The number of aliphatic carboxylic acids is 1. The molecule has 7 nitrogen and oxygen atoms in total. The van der Waals surface area contributed by atoms with E-state index in [4.69, 9.17) is 5.11 Å². The van der Waals surface area contributed by atoms with Gasteiger partial charge in [-0.15, -0.1) is 0 Å². The minimum atomic E-state index is -1.18. The van der Waals surface area contributed by atoms with E-state index in [1.54, 1.807) is 12.1 Å². The predicted molar refractivity (Wildman–Crippen MR) is 166 cm³/mol. The molecule has 2 atom stereocenters. The summed E-state index contributed by atoms with van der Waals surface area (Å²) < 4.78 is 16.0. The Balaban J connectivity index is 0.00000484. The van der Waals surface area contributed by atoms with Gasteiger partial charge in [-0.3, -0.25) is 9.59 Å². The molecule has 4 rings (SSSR count). The third-order valence-corrected chi connectivity index (χ3v) is 6.93. The number of aromatic nitrogens is 1. The van der Waals surface area contributed by atoms with Gasteiger partial charge in [-0.1, -0.05) is 62.4 Å². The van der Waals surface area contributed by atoms with Crippen LogP contribution in [0.5, 0.6) is 0 Å². The van der Waals surface area contributed by atoms with E-state index in [-0.39, 0.29) is 64.3 Å². The van der Waals surface area contributed by atoms with Crippen LogP contribution in [0.15, 0.2) is 84.9 Å². The second-order valence-electron chi connectivity index (χ2n) is 10.4. The number of aliphatic hydroxyl groups excluding tert-OH is 2. The molecule has 3 aromatic carbocycles. The van der Waals surface area contributed by atoms with Gasteiger partial charge in [-0.05, 0) is 66.3 Å². The maximum absolute atomic E-state index is 14.0. The molecule has 1 heterocycles. The zero-order valence-electron chi connectivity index (χ0n) is 23.8. The van der Waals surface area contributed by atoms with Crippen molar-refractivity contribution in [1.29, 1.82) is 0 Å². The van der Waals surface area contributed by atoms with Crippen LogP contribution in [0.1, 0.15) is 55.1 Å². The number of carbonyl (C=O) groups is 2. The van der Waals surface area contributed by atoms with Crippen molar-refractivity contribution in [3.63, 3.8) is 0 Å². The van der Waals surface area contributed by atoms with Crippen molar-refractivity contribution in [2.24, 2.45) is 0 Å². The second-order valence-corrected chi connectivity index (χ2v) is 10.4. The Morgan fingerprint density at radius 3 is 2.02 bits per heavy atom. The number of aliphatic hydroxyl groups is 2. The summed E-state index contributed by atoms with van der Waals surface area (Å²) in [5.74, 6) is -1.93. The minimum absolute atomic E-state index is 0. The molecule has 0 saturated heterocycles. The summed E-state index contributed by atoms with van der Waals surface area (Å²) in [7, 11) is 0. The summed E-state index contributed by atoms with van der Waals surface area (Å²) in [6.45, 7) is 4.25. The molecule has 0 saturated carbocycles. The van der Waals surface area contributed by atoms with E-state index in [1.165, 1.54) is 12.1 Å². The first-order valence-corrected chi connectivity index (χ1v) is 13.7. The van der Waals surface area contributed by atoms with Crippen molar-refractivity contribution in [3.8, 4) is 22.4 Å². The van der Waals surface area contributed by atoms with Crippen LogP contribution in [0.4, 0.5) is 10.1 Å². The number of nitrogens with zero attached hydrogens (tertiary/aromatic N) is 1. The maximum atomic E-state index is 14.0. The number of hydrogen-bond acceptors (Lipinski definition) is 4. The predicted octanol–water partition coefficient (Wildman–Crippen LogP) is 5.40. The molecule has 0 fully saturated rings. The number of carboxylic acid groups (broad SMARTS) is 1. The van der Waals surface area contributed by atoms with E-state index in [1.807, 2.05) is 79.1 Å². The average Bonchev–Trinajstić information content (AvgIpc) is 3.28. The van der Waals surface area contributed by atoms with E-state index in [9.17, 15) is 24.2 Å². The average molecular weight is 768 g/mol. The number of anilines is 1. The first kappa shape index (κ1) is 33.2. The molecule has 0 bridgehead atoms. The van der Waals surface area contributed by atoms with Crippen LogP contribution in [0.3, 0.4) is 0 Å². The van der Waals surface area contributed by atoms with E-state index >= 15 is 0 Å². The summed E-state index contributed by atoms with van der Waals surface area (Å²) >= 11 is 0. The Hall–Kier alpha value is -3.35.